The Morgan fingerprint density at radius 3 is 2.53 bits per heavy atom. The Kier molecular flexibility index (Phi) is 9.34. The summed E-state index contributed by atoms with van der Waals surface area (Å²) < 4.78 is 13.4. The van der Waals surface area contributed by atoms with Crippen LogP contribution < -0.4 is 16.4 Å². The lowest BCUT2D eigenvalue weighted by Crippen LogP contribution is -2.10. The number of fused-ring (bicyclic) bond motifs is 1. The van der Waals surface area contributed by atoms with Crippen LogP contribution in [-0.4, -0.2) is 36.7 Å². The molecule has 1 aliphatic heterocycles. The van der Waals surface area contributed by atoms with Crippen molar-refractivity contribution in [1.29, 1.82) is 0 Å². The number of H-pyrrole nitrogens is 1. The zero-order chi connectivity index (χ0) is 23.7. The number of aldehydes is 1. The normalized spacial score (nSPS) is 13.4. The van der Waals surface area contributed by atoms with Gasteiger partial charge in [0.25, 0.3) is 5.91 Å². The second kappa shape index (κ2) is 12.0. The van der Waals surface area contributed by atoms with Gasteiger partial charge in [0.05, 0.1) is 5.57 Å². The van der Waals surface area contributed by atoms with Gasteiger partial charge in [0.2, 0.25) is 5.91 Å². The zero-order valence-electron chi connectivity index (χ0n) is 18.8. The molecule has 0 fully saturated rings. The molecule has 7 nitrogen and oxygen atoms in total. The lowest BCUT2D eigenvalue weighted by molar-refractivity contribution is -0.118. The summed E-state index contributed by atoms with van der Waals surface area (Å²) >= 11 is 0. The number of carbonyl (C=O) groups excluding carboxylic acids is 3. The number of nitrogens with two attached hydrogens (primary N) is 1. The minimum atomic E-state index is -0.399. The first kappa shape index (κ1) is 25.0. The van der Waals surface area contributed by atoms with Gasteiger partial charge in [-0.2, -0.15) is 0 Å². The fourth-order valence-corrected chi connectivity index (χ4v) is 3.51. The molecule has 3 rings (SSSR count). The smallest absolute Gasteiger partial charge is 0.256 e. The van der Waals surface area contributed by atoms with Crippen LogP contribution in [0.2, 0.25) is 0 Å². The van der Waals surface area contributed by atoms with Crippen LogP contribution >= 0.6 is 0 Å². The average molecular weight is 443 g/mol. The minimum absolute atomic E-state index is 0.182. The molecule has 1 aliphatic rings. The number of halogens is 1. The third-order valence-corrected chi connectivity index (χ3v) is 5.31. The van der Waals surface area contributed by atoms with E-state index < -0.39 is 5.82 Å². The van der Waals surface area contributed by atoms with Gasteiger partial charge >= 0.3 is 0 Å². The second-order valence-corrected chi connectivity index (χ2v) is 7.76. The van der Waals surface area contributed by atoms with Crippen LogP contribution in [0.25, 0.3) is 11.6 Å². The van der Waals surface area contributed by atoms with Crippen molar-refractivity contribution in [3.05, 3.63) is 52.1 Å². The number of rotatable bonds is 9. The Morgan fingerprint density at radius 2 is 1.91 bits per heavy atom. The van der Waals surface area contributed by atoms with E-state index in [2.05, 4.69) is 15.6 Å². The lowest BCUT2D eigenvalue weighted by atomic mass is 10.0. The van der Waals surface area contributed by atoms with Crippen LogP contribution in [0.5, 0.6) is 0 Å². The average Bonchev–Trinajstić information content (AvgIpc) is 3.20. The van der Waals surface area contributed by atoms with Gasteiger partial charge in [0.15, 0.2) is 6.29 Å². The van der Waals surface area contributed by atoms with Crippen molar-refractivity contribution < 1.29 is 18.8 Å². The molecule has 172 valence electrons. The third kappa shape index (κ3) is 6.62. The molecule has 5 N–H and O–H groups in total. The van der Waals surface area contributed by atoms with Crippen LogP contribution in [-0.2, 0) is 9.59 Å². The molecule has 0 atom stereocenters. The number of hydrogen-bond acceptors (Lipinski definition) is 4. The van der Waals surface area contributed by atoms with Crippen LogP contribution in [0.3, 0.4) is 0 Å². The molecule has 0 saturated heterocycles. The van der Waals surface area contributed by atoms with Gasteiger partial charge in [0, 0.05) is 34.6 Å². The summed E-state index contributed by atoms with van der Waals surface area (Å²) in [6.45, 7) is 4.66. The third-order valence-electron chi connectivity index (χ3n) is 5.31. The van der Waals surface area contributed by atoms with E-state index in [-0.39, 0.29) is 11.8 Å². The van der Waals surface area contributed by atoms with E-state index in [1.54, 1.807) is 19.9 Å². The molecule has 2 heterocycles. The van der Waals surface area contributed by atoms with E-state index in [1.807, 2.05) is 7.05 Å². The van der Waals surface area contributed by atoms with Crippen LogP contribution in [0.1, 0.15) is 65.0 Å². The summed E-state index contributed by atoms with van der Waals surface area (Å²) in [5, 5.41) is 5.77. The fraction of sp³-hybridized carbons (Fsp3) is 0.375. The quantitative estimate of drug-likeness (QED) is 0.269. The molecule has 1 aromatic carbocycles. The van der Waals surface area contributed by atoms with Crippen LogP contribution in [0.4, 0.5) is 10.1 Å². The predicted octanol–water partition coefficient (Wildman–Crippen LogP) is 3.72. The molecule has 0 spiro atoms. The van der Waals surface area contributed by atoms with Gasteiger partial charge in [0.1, 0.15) is 5.82 Å². The molecule has 0 saturated carbocycles. The Hall–Kier alpha value is -3.26. The summed E-state index contributed by atoms with van der Waals surface area (Å²) in [7, 11) is 1.95. The molecule has 32 heavy (non-hydrogen) atoms. The number of aromatic amines is 1. The predicted molar refractivity (Wildman–Crippen MR) is 125 cm³/mol. The van der Waals surface area contributed by atoms with Crippen LogP contribution in [0, 0.1) is 19.7 Å². The molecule has 2 amide bonds. The number of anilines is 1. The maximum absolute atomic E-state index is 13.4. The summed E-state index contributed by atoms with van der Waals surface area (Å²) in [4.78, 5) is 36.4. The molecule has 0 unspecified atom stereocenters. The first-order chi connectivity index (χ1) is 15.3. The highest BCUT2D eigenvalue weighted by atomic mass is 19.1. The minimum Gasteiger partial charge on any atom is -0.370 e. The summed E-state index contributed by atoms with van der Waals surface area (Å²) in [6.07, 6.45) is 7.41. The molecule has 0 aliphatic carbocycles. The Morgan fingerprint density at radius 1 is 1.19 bits per heavy atom. The summed E-state index contributed by atoms with van der Waals surface area (Å²) in [5.41, 5.74) is 9.25. The maximum Gasteiger partial charge on any atom is 0.256 e. The van der Waals surface area contributed by atoms with E-state index >= 15 is 0 Å². The van der Waals surface area contributed by atoms with E-state index in [9.17, 15) is 18.8 Å². The number of carbonyl (C=O) groups is 3. The van der Waals surface area contributed by atoms with Crippen molar-refractivity contribution in [3.8, 4) is 0 Å². The zero-order valence-corrected chi connectivity index (χ0v) is 18.8. The van der Waals surface area contributed by atoms with E-state index in [0.29, 0.717) is 34.5 Å². The van der Waals surface area contributed by atoms with E-state index in [4.69, 9.17) is 5.73 Å². The highest BCUT2D eigenvalue weighted by Gasteiger charge is 2.25. The van der Waals surface area contributed by atoms with Gasteiger partial charge in [-0.1, -0.05) is 12.8 Å². The number of hydrogen-bond donors (Lipinski definition) is 4. The van der Waals surface area contributed by atoms with Crippen molar-refractivity contribution >= 4 is 35.4 Å². The Balaban J connectivity index is 0.000000282. The lowest BCUT2D eigenvalue weighted by Gasteiger charge is -1.99. The molecule has 0 radical (unpaired) electrons. The first-order valence-electron chi connectivity index (χ1n) is 10.7. The highest BCUT2D eigenvalue weighted by molar-refractivity contribution is 6.34. The van der Waals surface area contributed by atoms with Gasteiger partial charge in [-0.25, -0.2) is 4.39 Å². The number of primary amides is 1. The van der Waals surface area contributed by atoms with Gasteiger partial charge in [-0.05, 0) is 70.1 Å². The number of amides is 2. The van der Waals surface area contributed by atoms with Gasteiger partial charge in [-0.15, -0.1) is 0 Å². The molecule has 2 aromatic rings. The van der Waals surface area contributed by atoms with E-state index in [0.717, 1.165) is 36.9 Å². The van der Waals surface area contributed by atoms with Crippen molar-refractivity contribution in [3.63, 3.8) is 0 Å². The van der Waals surface area contributed by atoms with Crippen molar-refractivity contribution in [2.75, 3.05) is 18.9 Å². The van der Waals surface area contributed by atoms with Crippen LogP contribution in [0.15, 0.2) is 18.2 Å². The maximum atomic E-state index is 13.4. The molecule has 1 aromatic heterocycles. The van der Waals surface area contributed by atoms with Crippen molar-refractivity contribution in [2.24, 2.45) is 5.73 Å². The SMILES string of the molecule is CNCCCCCCC(N)=O.Cc1[nH]c(/C=C2\C(=O)Nc3ccc(F)cc32)c(C)c1C=O. The summed E-state index contributed by atoms with van der Waals surface area (Å²) in [6, 6.07) is 4.16. The number of nitrogens with one attached hydrogen (secondary N) is 3. The number of aromatic nitrogens is 1. The number of aryl methyl sites for hydroxylation is 1. The summed E-state index contributed by atoms with van der Waals surface area (Å²) in [5.74, 6) is -0.863. The molecular formula is C24H31FN4O3. The van der Waals surface area contributed by atoms with Gasteiger partial charge < -0.3 is 21.4 Å². The molecule has 0 bridgehead atoms. The molecule has 8 heteroatoms. The van der Waals surface area contributed by atoms with Gasteiger partial charge in [-0.3, -0.25) is 14.4 Å². The van der Waals surface area contributed by atoms with Crippen molar-refractivity contribution in [2.45, 2.75) is 46.0 Å². The number of benzene rings is 1. The fourth-order valence-electron chi connectivity index (χ4n) is 3.51. The number of unbranched alkanes of at least 4 members (excludes halogenated alkanes) is 3. The molecular weight excluding hydrogens is 411 g/mol. The first-order valence-corrected chi connectivity index (χ1v) is 10.7. The Labute approximate surface area is 187 Å². The topological polar surface area (TPSA) is 117 Å². The standard InChI is InChI=1S/C16H13FN2O2.C8H18N2O/c1-8-13(7-20)9(2)18-15(8)6-12-11-5-10(17)3-4-14(11)19-16(12)21;1-10-7-5-3-2-4-6-8(9)11/h3-7,18H,1-2H3,(H,19,21);10H,2-7H2,1H3,(H2,9,11)/b12-6-;. The second-order valence-electron chi connectivity index (χ2n) is 7.76. The Bertz CT molecular complexity index is 1010. The largest absolute Gasteiger partial charge is 0.370 e. The highest BCUT2D eigenvalue weighted by Crippen LogP contribution is 2.34. The van der Waals surface area contributed by atoms with Crippen molar-refractivity contribution in [1.82, 2.24) is 10.3 Å². The van der Waals surface area contributed by atoms with E-state index in [1.165, 1.54) is 31.0 Å². The monoisotopic (exact) mass is 442 g/mol.